The fourth-order valence-electron chi connectivity index (χ4n) is 3.99. The van der Waals surface area contributed by atoms with Crippen LogP contribution in [0.15, 0.2) is 9.52 Å². The van der Waals surface area contributed by atoms with E-state index in [2.05, 4.69) is 12.1 Å². The van der Waals surface area contributed by atoms with E-state index in [0.29, 0.717) is 18.2 Å². The van der Waals surface area contributed by atoms with Gasteiger partial charge in [-0.15, -0.1) is 0 Å². The molecule has 2 aliphatic rings. The van der Waals surface area contributed by atoms with Crippen molar-refractivity contribution >= 4 is 11.7 Å². The van der Waals surface area contributed by atoms with E-state index in [1.165, 1.54) is 0 Å². The van der Waals surface area contributed by atoms with E-state index in [9.17, 15) is 9.90 Å². The second-order valence-electron chi connectivity index (χ2n) is 7.68. The highest BCUT2D eigenvalue weighted by atomic mass is 16.5. The number of carbonyl (C=O) groups excluding carboxylic acids is 1. The molecule has 143 valence electrons. The summed E-state index contributed by atoms with van der Waals surface area (Å²) in [4.78, 5) is 20.0. The first-order chi connectivity index (χ1) is 12.4. The van der Waals surface area contributed by atoms with Crippen LogP contribution in [0.2, 0.25) is 0 Å². The number of nitrogens with zero attached hydrogens (tertiary/aromatic N) is 3. The maximum absolute atomic E-state index is 13.3. The molecule has 6 nitrogen and oxygen atoms in total. The van der Waals surface area contributed by atoms with Gasteiger partial charge in [0, 0.05) is 18.5 Å². The lowest BCUT2D eigenvalue weighted by molar-refractivity contribution is -0.131. The van der Waals surface area contributed by atoms with E-state index >= 15 is 0 Å². The first-order valence-corrected chi connectivity index (χ1v) is 9.77. The summed E-state index contributed by atoms with van der Waals surface area (Å²) in [7, 11) is 0. The number of aromatic nitrogens is 1. The van der Waals surface area contributed by atoms with Gasteiger partial charge >= 0.3 is 0 Å². The topological polar surface area (TPSA) is 78.9 Å². The number of amidine groups is 1. The molecule has 0 aromatic carbocycles. The van der Waals surface area contributed by atoms with Crippen molar-refractivity contribution in [2.75, 3.05) is 6.54 Å². The van der Waals surface area contributed by atoms with Crippen molar-refractivity contribution in [1.29, 1.82) is 0 Å². The molecule has 6 heteroatoms. The van der Waals surface area contributed by atoms with Gasteiger partial charge in [0.25, 0.3) is 5.91 Å². The SMILES string of the molecule is CCCCC1=NC2(CCCC2)C(=O)N1C[C](c1noc(C)c1C)C(C)O. The van der Waals surface area contributed by atoms with Gasteiger partial charge in [0.1, 0.15) is 17.1 Å². The van der Waals surface area contributed by atoms with E-state index < -0.39 is 11.6 Å². The number of hydrogen-bond donors (Lipinski definition) is 1. The zero-order valence-corrected chi connectivity index (χ0v) is 16.3. The zero-order valence-electron chi connectivity index (χ0n) is 16.3. The molecule has 2 heterocycles. The van der Waals surface area contributed by atoms with Gasteiger partial charge in [0.2, 0.25) is 0 Å². The lowest BCUT2D eigenvalue weighted by Gasteiger charge is -2.27. The molecule has 1 aromatic rings. The molecule has 26 heavy (non-hydrogen) atoms. The predicted molar refractivity (Wildman–Crippen MR) is 99.9 cm³/mol. The highest BCUT2D eigenvalue weighted by molar-refractivity contribution is 6.08. The fraction of sp³-hybridized carbons (Fsp3) is 0.700. The second-order valence-corrected chi connectivity index (χ2v) is 7.68. The molecule has 1 atom stereocenters. The molecule has 1 aliphatic heterocycles. The maximum Gasteiger partial charge on any atom is 0.255 e. The Balaban J connectivity index is 1.88. The summed E-state index contributed by atoms with van der Waals surface area (Å²) < 4.78 is 5.29. The molecule has 1 fully saturated rings. The smallest absolute Gasteiger partial charge is 0.255 e. The molecule has 1 amide bonds. The lowest BCUT2D eigenvalue weighted by Crippen LogP contribution is -2.44. The van der Waals surface area contributed by atoms with Crippen LogP contribution in [-0.4, -0.2) is 45.1 Å². The Morgan fingerprint density at radius 2 is 2.04 bits per heavy atom. The van der Waals surface area contributed by atoms with E-state index in [1.807, 2.05) is 13.8 Å². The van der Waals surface area contributed by atoms with E-state index in [4.69, 9.17) is 9.52 Å². The van der Waals surface area contributed by atoms with Crippen LogP contribution in [0.25, 0.3) is 0 Å². The average Bonchev–Trinajstić information content (AvgIpc) is 3.27. The molecule has 3 rings (SSSR count). The Bertz CT molecular complexity index is 686. The largest absolute Gasteiger partial charge is 0.392 e. The van der Waals surface area contributed by atoms with E-state index in [0.717, 1.165) is 62.1 Å². The number of aryl methyl sites for hydroxylation is 1. The minimum atomic E-state index is -0.710. The van der Waals surface area contributed by atoms with Crippen LogP contribution in [0, 0.1) is 19.8 Å². The molecule has 1 unspecified atom stereocenters. The first kappa shape index (κ1) is 19.1. The predicted octanol–water partition coefficient (Wildman–Crippen LogP) is 3.34. The van der Waals surface area contributed by atoms with Crippen LogP contribution in [0.1, 0.15) is 75.8 Å². The van der Waals surface area contributed by atoms with Crippen LogP contribution in [0.4, 0.5) is 0 Å². The van der Waals surface area contributed by atoms with Crippen molar-refractivity contribution < 1.29 is 14.4 Å². The van der Waals surface area contributed by atoms with Crippen molar-refractivity contribution in [3.8, 4) is 0 Å². The number of aliphatic hydroxyl groups excluding tert-OH is 1. The molecule has 1 saturated carbocycles. The number of carbonyl (C=O) groups is 1. The van der Waals surface area contributed by atoms with Crippen molar-refractivity contribution in [2.24, 2.45) is 4.99 Å². The average molecular weight is 360 g/mol. The normalized spacial score (nSPS) is 20.5. The molecule has 1 radical (unpaired) electrons. The lowest BCUT2D eigenvalue weighted by atomic mass is 9.93. The third-order valence-corrected chi connectivity index (χ3v) is 5.78. The molecular formula is C20H30N3O3. The second kappa shape index (κ2) is 7.51. The molecule has 1 spiro atoms. The van der Waals surface area contributed by atoms with Crippen molar-refractivity contribution in [1.82, 2.24) is 10.1 Å². The van der Waals surface area contributed by atoms with Crippen LogP contribution in [0.5, 0.6) is 0 Å². The zero-order chi connectivity index (χ0) is 18.9. The monoisotopic (exact) mass is 360 g/mol. The van der Waals surface area contributed by atoms with Gasteiger partial charge in [-0.1, -0.05) is 31.3 Å². The minimum absolute atomic E-state index is 0.0946. The summed E-state index contributed by atoms with van der Waals surface area (Å²) in [6.45, 7) is 7.97. The number of rotatable bonds is 7. The molecule has 1 aliphatic carbocycles. The summed E-state index contributed by atoms with van der Waals surface area (Å²) >= 11 is 0. The van der Waals surface area contributed by atoms with Gasteiger partial charge in [-0.05, 0) is 40.0 Å². The Labute approximate surface area is 155 Å². The Morgan fingerprint density at radius 1 is 1.35 bits per heavy atom. The van der Waals surface area contributed by atoms with Crippen molar-refractivity contribution in [2.45, 2.75) is 84.3 Å². The van der Waals surface area contributed by atoms with E-state index in [1.54, 1.807) is 11.8 Å². The van der Waals surface area contributed by atoms with Gasteiger partial charge in [-0.25, -0.2) is 0 Å². The standard InChI is InChI=1S/C20H30N3O3/c1-5-6-9-17-21-20(10-7-8-11-20)19(25)23(17)12-16(14(3)24)18-13(2)15(4)26-22-18/h14,24H,5-12H2,1-4H3. The molecule has 1 aromatic heterocycles. The number of aliphatic imine (C=N–C) groups is 1. The minimum Gasteiger partial charge on any atom is -0.392 e. The van der Waals surface area contributed by atoms with Crippen LogP contribution >= 0.6 is 0 Å². The maximum atomic E-state index is 13.3. The fourth-order valence-corrected chi connectivity index (χ4v) is 3.99. The summed E-state index contributed by atoms with van der Waals surface area (Å²) in [6.07, 6.45) is 5.94. The Hall–Kier alpha value is -1.69. The van der Waals surface area contributed by atoms with Gasteiger partial charge in [0.15, 0.2) is 0 Å². The Kier molecular flexibility index (Phi) is 5.51. The summed E-state index contributed by atoms with van der Waals surface area (Å²) in [5.74, 6) is 2.41. The molecule has 0 saturated heterocycles. The third kappa shape index (κ3) is 3.31. The quantitative estimate of drug-likeness (QED) is 0.809. The summed E-state index contributed by atoms with van der Waals surface area (Å²) in [6, 6.07) is 0. The highest BCUT2D eigenvalue weighted by Crippen LogP contribution is 2.40. The van der Waals surface area contributed by atoms with Crippen molar-refractivity contribution in [3.05, 3.63) is 22.9 Å². The first-order valence-electron chi connectivity index (χ1n) is 9.77. The molecular weight excluding hydrogens is 330 g/mol. The van der Waals surface area contributed by atoms with Crippen molar-refractivity contribution in [3.63, 3.8) is 0 Å². The van der Waals surface area contributed by atoms with Gasteiger partial charge < -0.3 is 9.63 Å². The number of hydrogen-bond acceptors (Lipinski definition) is 5. The van der Waals surface area contributed by atoms with E-state index in [-0.39, 0.29) is 5.91 Å². The number of aliphatic hydroxyl groups is 1. The summed E-state index contributed by atoms with van der Waals surface area (Å²) in [5.41, 5.74) is 1.02. The van der Waals surface area contributed by atoms with Gasteiger partial charge in [-0.3, -0.25) is 14.7 Å². The number of unbranched alkanes of at least 4 members (excludes halogenated alkanes) is 1. The highest BCUT2D eigenvalue weighted by Gasteiger charge is 2.50. The van der Waals surface area contributed by atoms with Crippen LogP contribution in [-0.2, 0) is 4.79 Å². The number of amides is 1. The molecule has 0 bridgehead atoms. The van der Waals surface area contributed by atoms with Crippen LogP contribution in [0.3, 0.4) is 0 Å². The molecule has 1 N–H and O–H groups in total. The Morgan fingerprint density at radius 3 is 2.58 bits per heavy atom. The van der Waals surface area contributed by atoms with Gasteiger partial charge in [-0.2, -0.15) is 0 Å². The van der Waals surface area contributed by atoms with Gasteiger partial charge in [0.05, 0.1) is 17.7 Å². The summed E-state index contributed by atoms with van der Waals surface area (Å²) in [5, 5.41) is 14.5. The van der Waals surface area contributed by atoms with Crippen LogP contribution < -0.4 is 0 Å². The third-order valence-electron chi connectivity index (χ3n) is 5.78.